The van der Waals surface area contributed by atoms with Gasteiger partial charge in [0.05, 0.1) is 0 Å². The fourth-order valence-corrected chi connectivity index (χ4v) is 2.88. The van der Waals surface area contributed by atoms with E-state index in [0.717, 1.165) is 5.69 Å². The third-order valence-corrected chi connectivity index (χ3v) is 3.98. The highest BCUT2D eigenvalue weighted by atomic mass is 35.7. The summed E-state index contributed by atoms with van der Waals surface area (Å²) in [6, 6.07) is 1.82. The zero-order valence-corrected chi connectivity index (χ0v) is 13.5. The van der Waals surface area contributed by atoms with E-state index in [1.165, 1.54) is 4.57 Å². The smallest absolute Gasteiger partial charge is 0.290 e. The van der Waals surface area contributed by atoms with Crippen LogP contribution in [0.2, 0.25) is 0 Å². The van der Waals surface area contributed by atoms with Gasteiger partial charge in [-0.05, 0) is 33.8 Å². The van der Waals surface area contributed by atoms with E-state index in [-0.39, 0.29) is 5.16 Å². The Morgan fingerprint density at radius 1 is 1.25 bits per heavy atom. The summed E-state index contributed by atoms with van der Waals surface area (Å²) in [4.78, 5) is 0. The van der Waals surface area contributed by atoms with Gasteiger partial charge in [-0.25, -0.2) is 8.42 Å². The van der Waals surface area contributed by atoms with Crippen LogP contribution >= 0.6 is 10.7 Å². The lowest BCUT2D eigenvalue weighted by Gasteiger charge is -2.23. The molecule has 0 atom stereocenters. The Hall–Kier alpha value is -1.41. The van der Waals surface area contributed by atoms with Gasteiger partial charge in [0.25, 0.3) is 14.2 Å². The first-order valence-electron chi connectivity index (χ1n) is 5.93. The maximum atomic E-state index is 11.6. The van der Waals surface area contributed by atoms with Crippen molar-refractivity contribution in [3.05, 3.63) is 11.8 Å². The van der Waals surface area contributed by atoms with Gasteiger partial charge in [0.15, 0.2) is 5.82 Å². The molecule has 2 rings (SSSR count). The Morgan fingerprint density at radius 3 is 2.25 bits per heavy atom. The van der Waals surface area contributed by atoms with E-state index in [2.05, 4.69) is 15.3 Å². The summed E-state index contributed by atoms with van der Waals surface area (Å²) in [5.41, 5.74) is 0.930. The first-order valence-corrected chi connectivity index (χ1v) is 8.24. The Morgan fingerprint density at radius 2 is 1.85 bits per heavy atom. The molecule has 0 aliphatic carbocycles. The third kappa shape index (κ3) is 2.57. The van der Waals surface area contributed by atoms with Crippen molar-refractivity contribution >= 4 is 19.7 Å². The molecule has 0 radical (unpaired) electrons. The molecule has 2 aromatic rings. The van der Waals surface area contributed by atoms with Crippen molar-refractivity contribution in [3.63, 3.8) is 0 Å². The van der Waals surface area contributed by atoms with Crippen molar-refractivity contribution < 1.29 is 8.42 Å². The number of hydrogen-bond acceptors (Lipinski definition) is 5. The fourth-order valence-electron chi connectivity index (χ4n) is 1.87. The summed E-state index contributed by atoms with van der Waals surface area (Å²) in [6.07, 6.45) is 0. The summed E-state index contributed by atoms with van der Waals surface area (Å²) < 4.78 is 26.4. The highest BCUT2D eigenvalue weighted by Crippen LogP contribution is 2.28. The zero-order valence-electron chi connectivity index (χ0n) is 11.9. The number of rotatable bonds is 2. The van der Waals surface area contributed by atoms with Gasteiger partial charge in [-0.15, -0.1) is 10.2 Å². The number of halogens is 1. The second kappa shape index (κ2) is 4.56. The van der Waals surface area contributed by atoms with Crippen LogP contribution in [0.3, 0.4) is 0 Å². The minimum Gasteiger partial charge on any atom is -0.290 e. The van der Waals surface area contributed by atoms with Gasteiger partial charge in [0.1, 0.15) is 5.69 Å². The van der Waals surface area contributed by atoms with Crippen LogP contribution in [0.25, 0.3) is 11.5 Å². The SMILES string of the molecule is Cc1cc(-c2nnc(S(=O)(=O)Cl)n2C(C)(C)C)nn1C. The molecule has 0 aromatic carbocycles. The summed E-state index contributed by atoms with van der Waals surface area (Å²) in [7, 11) is 3.25. The predicted octanol–water partition coefficient (Wildman–Crippen LogP) is 1.67. The van der Waals surface area contributed by atoms with Crippen LogP contribution in [-0.2, 0) is 21.6 Å². The van der Waals surface area contributed by atoms with E-state index in [0.29, 0.717) is 11.5 Å². The van der Waals surface area contributed by atoms with Gasteiger partial charge >= 0.3 is 0 Å². The molecule has 0 amide bonds. The van der Waals surface area contributed by atoms with E-state index < -0.39 is 14.6 Å². The van der Waals surface area contributed by atoms with Crippen molar-refractivity contribution in [1.29, 1.82) is 0 Å². The Balaban J connectivity index is 2.76. The lowest BCUT2D eigenvalue weighted by atomic mass is 10.1. The highest BCUT2D eigenvalue weighted by molar-refractivity contribution is 8.13. The largest absolute Gasteiger partial charge is 0.296 e. The van der Waals surface area contributed by atoms with Crippen LogP contribution in [0.4, 0.5) is 0 Å². The predicted molar refractivity (Wildman–Crippen MR) is 75.0 cm³/mol. The molecule has 0 saturated heterocycles. The molecule has 7 nitrogen and oxygen atoms in total. The molecule has 0 bridgehead atoms. The van der Waals surface area contributed by atoms with Crippen molar-refractivity contribution in [1.82, 2.24) is 24.5 Å². The molecule has 0 N–H and O–H groups in total. The summed E-state index contributed by atoms with van der Waals surface area (Å²) in [5, 5.41) is 11.7. The van der Waals surface area contributed by atoms with Gasteiger partial charge in [-0.3, -0.25) is 9.25 Å². The minimum absolute atomic E-state index is 0.273. The first kappa shape index (κ1) is 15.0. The molecule has 0 fully saturated rings. The summed E-state index contributed by atoms with van der Waals surface area (Å²) in [6.45, 7) is 7.44. The van der Waals surface area contributed by atoms with Crippen LogP contribution in [0.5, 0.6) is 0 Å². The van der Waals surface area contributed by atoms with Crippen LogP contribution in [-0.4, -0.2) is 33.0 Å². The molecule has 0 unspecified atom stereocenters. The average Bonchev–Trinajstić information content (AvgIpc) is 2.81. The molecule has 0 saturated carbocycles. The quantitative estimate of drug-likeness (QED) is 0.787. The number of aromatic nitrogens is 5. The first-order chi connectivity index (χ1) is 9.01. The number of nitrogens with zero attached hydrogens (tertiary/aromatic N) is 5. The topological polar surface area (TPSA) is 82.7 Å². The van der Waals surface area contributed by atoms with Gasteiger partial charge < -0.3 is 0 Å². The molecule has 110 valence electrons. The fraction of sp³-hybridized carbons (Fsp3) is 0.545. The van der Waals surface area contributed by atoms with Crippen LogP contribution in [0.1, 0.15) is 26.5 Å². The Labute approximate surface area is 122 Å². The molecular weight excluding hydrogens is 302 g/mol. The maximum Gasteiger partial charge on any atom is 0.296 e. The normalized spacial score (nSPS) is 12.9. The second-order valence-electron chi connectivity index (χ2n) is 5.54. The third-order valence-electron chi connectivity index (χ3n) is 2.87. The van der Waals surface area contributed by atoms with Crippen LogP contribution in [0, 0.1) is 6.92 Å². The van der Waals surface area contributed by atoms with Crippen molar-refractivity contribution in [2.75, 3.05) is 0 Å². The van der Waals surface area contributed by atoms with Gasteiger partial charge in [-0.1, -0.05) is 0 Å². The Kier molecular flexibility index (Phi) is 3.42. The van der Waals surface area contributed by atoms with Gasteiger partial charge in [0.2, 0.25) is 0 Å². The molecule has 0 aliphatic heterocycles. The van der Waals surface area contributed by atoms with E-state index in [1.54, 1.807) is 11.7 Å². The number of aryl methyl sites for hydroxylation is 2. The molecular formula is C11H16ClN5O2S. The molecule has 0 spiro atoms. The lowest BCUT2D eigenvalue weighted by molar-refractivity contribution is 0.366. The minimum atomic E-state index is -3.98. The monoisotopic (exact) mass is 317 g/mol. The van der Waals surface area contributed by atoms with Gasteiger partial charge in [-0.2, -0.15) is 5.10 Å². The standard InChI is InChI=1S/C11H16ClN5O2S/c1-7-6-8(15-16(7)5)9-13-14-10(20(12,18)19)17(9)11(2,3)4/h6H,1-5H3. The van der Waals surface area contributed by atoms with Crippen molar-refractivity contribution in [2.24, 2.45) is 7.05 Å². The van der Waals surface area contributed by atoms with E-state index in [4.69, 9.17) is 10.7 Å². The van der Waals surface area contributed by atoms with Crippen LogP contribution < -0.4 is 0 Å². The van der Waals surface area contributed by atoms with Gasteiger partial charge in [0, 0.05) is 29.0 Å². The van der Waals surface area contributed by atoms with E-state index >= 15 is 0 Å². The number of hydrogen-bond donors (Lipinski definition) is 0. The summed E-state index contributed by atoms with van der Waals surface area (Å²) in [5.74, 6) is 0.375. The molecule has 20 heavy (non-hydrogen) atoms. The average molecular weight is 318 g/mol. The van der Waals surface area contributed by atoms with Crippen LogP contribution in [0.15, 0.2) is 11.2 Å². The lowest BCUT2D eigenvalue weighted by Crippen LogP contribution is -2.26. The highest BCUT2D eigenvalue weighted by Gasteiger charge is 2.31. The molecule has 2 heterocycles. The molecule has 9 heteroatoms. The van der Waals surface area contributed by atoms with E-state index in [1.807, 2.05) is 33.8 Å². The summed E-state index contributed by atoms with van der Waals surface area (Å²) >= 11 is 0. The van der Waals surface area contributed by atoms with E-state index in [9.17, 15) is 8.42 Å². The molecule has 2 aromatic heterocycles. The zero-order chi connectivity index (χ0) is 15.3. The van der Waals surface area contributed by atoms with Crippen molar-refractivity contribution in [3.8, 4) is 11.5 Å². The molecule has 0 aliphatic rings. The second-order valence-corrected chi connectivity index (χ2v) is 8.00. The Bertz CT molecular complexity index is 735. The maximum absolute atomic E-state index is 11.6. The van der Waals surface area contributed by atoms with Crippen molar-refractivity contribution in [2.45, 2.75) is 38.4 Å².